The second-order valence-corrected chi connectivity index (χ2v) is 6.93. The third kappa shape index (κ3) is 3.52. The molecule has 1 amide bonds. The highest BCUT2D eigenvalue weighted by molar-refractivity contribution is 7.91. The number of hydrogen-bond donors (Lipinski definition) is 1. The van der Waals surface area contributed by atoms with Gasteiger partial charge in [0.1, 0.15) is 11.0 Å². The fourth-order valence-electron chi connectivity index (χ4n) is 1.97. The van der Waals surface area contributed by atoms with E-state index in [0.29, 0.717) is 5.76 Å². The molecule has 0 spiro atoms. The van der Waals surface area contributed by atoms with Gasteiger partial charge >= 0.3 is 0 Å². The third-order valence-corrected chi connectivity index (χ3v) is 5.20. The summed E-state index contributed by atoms with van der Waals surface area (Å²) in [6.45, 7) is 3.20. The van der Waals surface area contributed by atoms with Crippen LogP contribution in [0.5, 0.6) is 0 Å². The van der Waals surface area contributed by atoms with Crippen molar-refractivity contribution in [3.63, 3.8) is 0 Å². The molecule has 0 fully saturated rings. The van der Waals surface area contributed by atoms with Crippen molar-refractivity contribution in [3.8, 4) is 0 Å². The Morgan fingerprint density at radius 2 is 1.90 bits per heavy atom. The van der Waals surface area contributed by atoms with E-state index < -0.39 is 15.1 Å². The van der Waals surface area contributed by atoms with E-state index in [-0.39, 0.29) is 17.3 Å². The van der Waals surface area contributed by atoms with Crippen molar-refractivity contribution in [3.05, 3.63) is 54.0 Å². The average Bonchev–Trinajstić information content (AvgIpc) is 2.92. The first-order valence-corrected chi connectivity index (χ1v) is 8.04. The molecular weight excluding hydrogens is 290 g/mol. The van der Waals surface area contributed by atoms with E-state index >= 15 is 0 Å². The molecule has 21 heavy (non-hydrogen) atoms. The standard InChI is InChI=1S/C15H17NO4S/c1-11-5-7-13(8-6-11)21(18,19)15(10-16-12(2)17)14-4-3-9-20-14/h3-9,15H,10H2,1-2H3,(H,16,17)/t15-/m1/s1. The van der Waals surface area contributed by atoms with Crippen LogP contribution in [0.1, 0.15) is 23.5 Å². The van der Waals surface area contributed by atoms with Gasteiger partial charge in [0.05, 0.1) is 11.2 Å². The lowest BCUT2D eigenvalue weighted by Crippen LogP contribution is -2.30. The molecule has 2 rings (SSSR count). The molecule has 1 aromatic carbocycles. The molecule has 112 valence electrons. The Bertz CT molecular complexity index is 703. The summed E-state index contributed by atoms with van der Waals surface area (Å²) in [6, 6.07) is 9.83. The molecule has 5 nitrogen and oxygen atoms in total. The molecule has 2 aromatic rings. The van der Waals surface area contributed by atoms with Gasteiger partial charge < -0.3 is 9.73 Å². The van der Waals surface area contributed by atoms with E-state index in [1.807, 2.05) is 6.92 Å². The average molecular weight is 307 g/mol. The maximum Gasteiger partial charge on any atom is 0.216 e. The topological polar surface area (TPSA) is 76.4 Å². The highest BCUT2D eigenvalue weighted by Gasteiger charge is 2.31. The number of carbonyl (C=O) groups is 1. The summed E-state index contributed by atoms with van der Waals surface area (Å²) in [5.41, 5.74) is 0.977. The van der Waals surface area contributed by atoms with Gasteiger partial charge in [0.2, 0.25) is 5.91 Å². The molecule has 0 aliphatic heterocycles. The molecule has 1 aromatic heterocycles. The van der Waals surface area contributed by atoms with Gasteiger partial charge in [-0.05, 0) is 31.2 Å². The Kier molecular flexibility index (Phi) is 4.47. The van der Waals surface area contributed by atoms with Gasteiger partial charge in [-0.1, -0.05) is 17.7 Å². The molecule has 0 saturated carbocycles. The Hall–Kier alpha value is -2.08. The monoisotopic (exact) mass is 307 g/mol. The quantitative estimate of drug-likeness (QED) is 0.919. The predicted octanol–water partition coefficient (Wildman–Crippen LogP) is 2.24. The van der Waals surface area contributed by atoms with Crippen LogP contribution in [0.3, 0.4) is 0 Å². The zero-order valence-corrected chi connectivity index (χ0v) is 12.7. The smallest absolute Gasteiger partial charge is 0.216 e. The molecule has 6 heteroatoms. The van der Waals surface area contributed by atoms with E-state index in [0.717, 1.165) is 5.56 Å². The van der Waals surface area contributed by atoms with Gasteiger partial charge in [0.15, 0.2) is 9.84 Å². The van der Waals surface area contributed by atoms with Gasteiger partial charge in [-0.25, -0.2) is 8.42 Å². The van der Waals surface area contributed by atoms with E-state index in [9.17, 15) is 13.2 Å². The summed E-state index contributed by atoms with van der Waals surface area (Å²) in [7, 11) is -3.64. The summed E-state index contributed by atoms with van der Waals surface area (Å²) in [6.07, 6.45) is 1.42. The molecular formula is C15H17NO4S. The van der Waals surface area contributed by atoms with Crippen LogP contribution in [0.2, 0.25) is 0 Å². The van der Waals surface area contributed by atoms with E-state index in [1.54, 1.807) is 36.4 Å². The number of hydrogen-bond acceptors (Lipinski definition) is 4. The predicted molar refractivity (Wildman–Crippen MR) is 78.5 cm³/mol. The van der Waals surface area contributed by atoms with Crippen molar-refractivity contribution in [1.82, 2.24) is 5.32 Å². The zero-order chi connectivity index (χ0) is 15.5. The minimum absolute atomic E-state index is 0.0287. The van der Waals surface area contributed by atoms with Gasteiger partial charge in [-0.3, -0.25) is 4.79 Å². The van der Waals surface area contributed by atoms with Crippen molar-refractivity contribution in [2.24, 2.45) is 0 Å². The highest BCUT2D eigenvalue weighted by atomic mass is 32.2. The number of benzene rings is 1. The van der Waals surface area contributed by atoms with Crippen molar-refractivity contribution in [2.45, 2.75) is 24.0 Å². The molecule has 1 atom stereocenters. The molecule has 1 heterocycles. The molecule has 0 saturated heterocycles. The lowest BCUT2D eigenvalue weighted by molar-refractivity contribution is -0.118. The Labute approximate surface area is 123 Å². The van der Waals surface area contributed by atoms with Crippen LogP contribution in [0.15, 0.2) is 52.0 Å². The highest BCUT2D eigenvalue weighted by Crippen LogP contribution is 2.29. The number of furan rings is 1. The van der Waals surface area contributed by atoms with Crippen LogP contribution in [0, 0.1) is 6.92 Å². The van der Waals surface area contributed by atoms with Crippen molar-refractivity contribution in [1.29, 1.82) is 0 Å². The number of amides is 1. The minimum atomic E-state index is -3.64. The van der Waals surface area contributed by atoms with Gasteiger partial charge in [-0.2, -0.15) is 0 Å². The van der Waals surface area contributed by atoms with Crippen molar-refractivity contribution in [2.75, 3.05) is 6.54 Å². The summed E-state index contributed by atoms with van der Waals surface area (Å²) >= 11 is 0. The number of carbonyl (C=O) groups excluding carboxylic acids is 1. The maximum atomic E-state index is 12.7. The van der Waals surface area contributed by atoms with Crippen LogP contribution in [-0.2, 0) is 14.6 Å². The van der Waals surface area contributed by atoms with Gasteiger partial charge in [0, 0.05) is 13.5 Å². The summed E-state index contributed by atoms with van der Waals surface area (Å²) in [5.74, 6) is 0.0231. The summed E-state index contributed by atoms with van der Waals surface area (Å²) < 4.78 is 30.7. The summed E-state index contributed by atoms with van der Waals surface area (Å²) in [5, 5.41) is 1.60. The number of aryl methyl sites for hydroxylation is 1. The fourth-order valence-corrected chi connectivity index (χ4v) is 3.55. The lowest BCUT2D eigenvalue weighted by atomic mass is 10.2. The van der Waals surface area contributed by atoms with Crippen molar-refractivity contribution < 1.29 is 17.6 Å². The number of rotatable bonds is 5. The minimum Gasteiger partial charge on any atom is -0.468 e. The van der Waals surface area contributed by atoms with Gasteiger partial charge in [-0.15, -0.1) is 0 Å². The van der Waals surface area contributed by atoms with Gasteiger partial charge in [0.25, 0.3) is 0 Å². The molecule has 0 aliphatic carbocycles. The van der Waals surface area contributed by atoms with Crippen LogP contribution >= 0.6 is 0 Å². The zero-order valence-electron chi connectivity index (χ0n) is 11.9. The second kappa shape index (κ2) is 6.13. The maximum absolute atomic E-state index is 12.7. The van der Waals surface area contributed by atoms with Crippen LogP contribution in [-0.4, -0.2) is 20.9 Å². The van der Waals surface area contributed by atoms with E-state index in [4.69, 9.17) is 4.42 Å². The Morgan fingerprint density at radius 3 is 2.43 bits per heavy atom. The van der Waals surface area contributed by atoms with E-state index in [1.165, 1.54) is 13.2 Å². The number of sulfone groups is 1. The van der Waals surface area contributed by atoms with Crippen LogP contribution in [0.4, 0.5) is 0 Å². The fraction of sp³-hybridized carbons (Fsp3) is 0.267. The summed E-state index contributed by atoms with van der Waals surface area (Å²) in [4.78, 5) is 11.3. The molecule has 0 aliphatic rings. The molecule has 1 N–H and O–H groups in total. The SMILES string of the molecule is CC(=O)NC[C@H](c1ccco1)S(=O)(=O)c1ccc(C)cc1. The lowest BCUT2D eigenvalue weighted by Gasteiger charge is -2.16. The molecule has 0 unspecified atom stereocenters. The first-order valence-electron chi connectivity index (χ1n) is 6.49. The number of nitrogens with one attached hydrogen (secondary N) is 1. The van der Waals surface area contributed by atoms with E-state index in [2.05, 4.69) is 5.32 Å². The second-order valence-electron chi connectivity index (χ2n) is 4.80. The molecule has 0 radical (unpaired) electrons. The molecule has 0 bridgehead atoms. The Balaban J connectivity index is 2.39. The van der Waals surface area contributed by atoms with Crippen LogP contribution < -0.4 is 5.32 Å². The largest absolute Gasteiger partial charge is 0.468 e. The first-order chi connectivity index (χ1) is 9.91. The third-order valence-electron chi connectivity index (χ3n) is 3.12. The van der Waals surface area contributed by atoms with Crippen molar-refractivity contribution >= 4 is 15.7 Å². The Morgan fingerprint density at radius 1 is 1.24 bits per heavy atom. The first kappa shape index (κ1) is 15.3. The van der Waals surface area contributed by atoms with Crippen LogP contribution in [0.25, 0.3) is 0 Å². The normalized spacial score (nSPS) is 12.9.